The smallest absolute Gasteiger partial charge is 0.341 e. The molecule has 0 saturated carbocycles. The predicted molar refractivity (Wildman–Crippen MR) is 157 cm³/mol. The topological polar surface area (TPSA) is 113 Å². The number of nitrogens with zero attached hydrogens (tertiary/aromatic N) is 2. The highest BCUT2D eigenvalue weighted by atomic mass is 127. The molecule has 188 valence electrons. The van der Waals surface area contributed by atoms with E-state index in [1.54, 1.807) is 24.3 Å². The van der Waals surface area contributed by atoms with Crippen LogP contribution in [0.1, 0.15) is 15.9 Å². The van der Waals surface area contributed by atoms with Crippen molar-refractivity contribution in [3.05, 3.63) is 90.2 Å². The molecule has 0 radical (unpaired) electrons. The van der Waals surface area contributed by atoms with Crippen LogP contribution in [-0.2, 0) is 4.79 Å². The van der Waals surface area contributed by atoms with Gasteiger partial charge in [-0.15, -0.1) is 11.3 Å². The molecule has 8 nitrogen and oxygen atoms in total. The maximum absolute atomic E-state index is 12.5. The van der Waals surface area contributed by atoms with Crippen LogP contribution in [-0.4, -0.2) is 34.8 Å². The quantitative estimate of drug-likeness (QED) is 0.100. The fraction of sp³-hybridized carbons (Fsp3) is 0.0400. The lowest BCUT2D eigenvalue weighted by Gasteiger charge is -2.09. The van der Waals surface area contributed by atoms with Crippen LogP contribution in [0.25, 0.3) is 11.3 Å². The SMILES string of the molecule is O=C(O)COc1c(Br)cc(/C=N\NC(=O)c2ccc(-c3csc(Nc4ccc(Cl)cc4)n3)cc2)cc1I. The minimum atomic E-state index is -1.06. The molecule has 0 bridgehead atoms. The number of nitrogens with one attached hydrogen (secondary N) is 2. The molecular formula is C25H17BrClIN4O4S. The van der Waals surface area contributed by atoms with Crippen LogP contribution < -0.4 is 15.5 Å². The summed E-state index contributed by atoms with van der Waals surface area (Å²) in [6.45, 7) is -0.444. The van der Waals surface area contributed by atoms with Crippen LogP contribution in [0.2, 0.25) is 5.02 Å². The van der Waals surface area contributed by atoms with E-state index in [4.69, 9.17) is 21.4 Å². The molecule has 4 rings (SSSR count). The molecular weight excluding hydrogens is 695 g/mol. The van der Waals surface area contributed by atoms with E-state index in [0.29, 0.717) is 29.9 Å². The number of aromatic nitrogens is 1. The Bertz CT molecular complexity index is 1440. The monoisotopic (exact) mass is 710 g/mol. The summed E-state index contributed by atoms with van der Waals surface area (Å²) in [7, 11) is 0. The number of benzene rings is 3. The Balaban J connectivity index is 1.35. The Morgan fingerprint density at radius 1 is 1.16 bits per heavy atom. The Morgan fingerprint density at radius 3 is 2.57 bits per heavy atom. The summed E-state index contributed by atoms with van der Waals surface area (Å²) < 4.78 is 6.56. The Labute approximate surface area is 243 Å². The van der Waals surface area contributed by atoms with Crippen LogP contribution >= 0.6 is 61.5 Å². The van der Waals surface area contributed by atoms with E-state index < -0.39 is 12.6 Å². The standard InChI is InChI=1S/C25H17BrClIN4O4S/c26-19-9-14(10-20(28)23(19)36-12-22(33)34)11-29-32-24(35)16-3-1-15(2-4-16)21-13-37-25(31-21)30-18-7-5-17(27)6-8-18/h1-11,13H,12H2,(H,30,31)(H,32,35)(H,33,34)/b29-11-. The zero-order valence-electron chi connectivity index (χ0n) is 18.7. The largest absolute Gasteiger partial charge is 0.480 e. The van der Waals surface area contributed by atoms with Crippen molar-refractivity contribution in [2.45, 2.75) is 0 Å². The molecule has 4 aromatic rings. The summed E-state index contributed by atoms with van der Waals surface area (Å²) in [6, 6.07) is 17.9. The number of hydrogen-bond donors (Lipinski definition) is 3. The first-order valence-corrected chi connectivity index (χ1v) is 13.7. The minimum Gasteiger partial charge on any atom is -0.480 e. The van der Waals surface area contributed by atoms with Crippen molar-refractivity contribution >= 4 is 90.4 Å². The van der Waals surface area contributed by atoms with Crippen molar-refractivity contribution in [3.8, 4) is 17.0 Å². The van der Waals surface area contributed by atoms with Gasteiger partial charge in [0.1, 0.15) is 5.75 Å². The van der Waals surface area contributed by atoms with Crippen molar-refractivity contribution < 1.29 is 19.4 Å². The lowest BCUT2D eigenvalue weighted by atomic mass is 10.1. The van der Waals surface area contributed by atoms with Crippen molar-refractivity contribution in [3.63, 3.8) is 0 Å². The molecule has 0 unspecified atom stereocenters. The maximum Gasteiger partial charge on any atom is 0.341 e. The van der Waals surface area contributed by atoms with E-state index in [1.807, 2.05) is 64.4 Å². The summed E-state index contributed by atoms with van der Waals surface area (Å²) in [5.41, 5.74) is 6.21. The van der Waals surface area contributed by atoms with Gasteiger partial charge >= 0.3 is 5.97 Å². The minimum absolute atomic E-state index is 0.360. The number of carbonyl (C=O) groups excluding carboxylic acids is 1. The van der Waals surface area contributed by atoms with Crippen LogP contribution in [0.5, 0.6) is 5.75 Å². The Hall–Kier alpha value is -3.00. The number of rotatable bonds is 9. The van der Waals surface area contributed by atoms with Gasteiger partial charge < -0.3 is 15.2 Å². The van der Waals surface area contributed by atoms with E-state index in [-0.39, 0.29) is 5.91 Å². The fourth-order valence-electron chi connectivity index (χ4n) is 3.07. The van der Waals surface area contributed by atoms with E-state index >= 15 is 0 Å². The van der Waals surface area contributed by atoms with Crippen molar-refractivity contribution in [2.24, 2.45) is 5.10 Å². The predicted octanol–water partition coefficient (Wildman–Crippen LogP) is 6.80. The zero-order valence-corrected chi connectivity index (χ0v) is 24.1. The van der Waals surface area contributed by atoms with Gasteiger partial charge in [0.15, 0.2) is 11.7 Å². The molecule has 0 fully saturated rings. The van der Waals surface area contributed by atoms with Crippen LogP contribution in [0.3, 0.4) is 0 Å². The summed E-state index contributed by atoms with van der Waals surface area (Å²) in [6.07, 6.45) is 1.49. The van der Waals surface area contributed by atoms with E-state index in [1.165, 1.54) is 17.6 Å². The maximum atomic E-state index is 12.5. The first-order valence-electron chi connectivity index (χ1n) is 10.5. The van der Waals surface area contributed by atoms with Gasteiger partial charge in [-0.2, -0.15) is 5.10 Å². The average molecular weight is 712 g/mol. The molecule has 0 saturated heterocycles. The van der Waals surface area contributed by atoms with Crippen molar-refractivity contribution in [1.29, 1.82) is 0 Å². The number of anilines is 2. The normalized spacial score (nSPS) is 10.9. The molecule has 1 heterocycles. The fourth-order valence-corrected chi connectivity index (χ4v) is 5.70. The molecule has 3 N–H and O–H groups in total. The first kappa shape index (κ1) is 27.0. The van der Waals surface area contributed by atoms with E-state index in [9.17, 15) is 9.59 Å². The molecule has 0 aliphatic rings. The number of amides is 1. The molecule has 0 aliphatic heterocycles. The van der Waals surface area contributed by atoms with Gasteiger partial charge in [-0.3, -0.25) is 4.79 Å². The Kier molecular flexibility index (Phi) is 9.14. The number of hydrazone groups is 1. The van der Waals surface area contributed by atoms with Crippen molar-refractivity contribution in [1.82, 2.24) is 10.4 Å². The second-order valence-corrected chi connectivity index (χ2v) is 10.8. The number of carbonyl (C=O) groups is 2. The number of carboxylic acids is 1. The van der Waals surface area contributed by atoms with Crippen molar-refractivity contribution in [2.75, 3.05) is 11.9 Å². The number of aliphatic carboxylic acids is 1. The molecule has 37 heavy (non-hydrogen) atoms. The van der Waals surface area contributed by atoms with E-state index in [0.717, 1.165) is 22.1 Å². The van der Waals surface area contributed by atoms with Gasteiger partial charge in [0.25, 0.3) is 5.91 Å². The highest BCUT2D eigenvalue weighted by Gasteiger charge is 2.11. The van der Waals surface area contributed by atoms with Gasteiger partial charge in [0.05, 0.1) is 20.0 Å². The summed E-state index contributed by atoms with van der Waals surface area (Å²) in [4.78, 5) is 27.8. The number of halogens is 3. The molecule has 0 spiro atoms. The third-order valence-corrected chi connectivity index (χ3v) is 7.18. The highest BCUT2D eigenvalue weighted by molar-refractivity contribution is 14.1. The average Bonchev–Trinajstić information content (AvgIpc) is 3.33. The Morgan fingerprint density at radius 2 is 1.89 bits per heavy atom. The second kappa shape index (κ2) is 12.5. The number of carboxylic acid groups (broad SMARTS) is 1. The molecule has 12 heteroatoms. The molecule has 0 aliphatic carbocycles. The van der Waals surface area contributed by atoms with Crippen LogP contribution in [0, 0.1) is 3.57 Å². The summed E-state index contributed by atoms with van der Waals surface area (Å²) in [5, 5.41) is 19.4. The third kappa shape index (κ3) is 7.51. The zero-order chi connectivity index (χ0) is 26.4. The second-order valence-electron chi connectivity index (χ2n) is 7.44. The summed E-state index contributed by atoms with van der Waals surface area (Å²) >= 11 is 12.8. The number of ether oxygens (including phenoxy) is 1. The van der Waals surface area contributed by atoms with Gasteiger partial charge in [-0.05, 0) is 92.6 Å². The van der Waals surface area contributed by atoms with Gasteiger partial charge in [0.2, 0.25) is 0 Å². The molecule has 1 aromatic heterocycles. The van der Waals surface area contributed by atoms with Gasteiger partial charge in [0, 0.05) is 27.2 Å². The molecule has 3 aromatic carbocycles. The highest BCUT2D eigenvalue weighted by Crippen LogP contribution is 2.32. The lowest BCUT2D eigenvalue weighted by Crippen LogP contribution is -2.17. The lowest BCUT2D eigenvalue weighted by molar-refractivity contribution is -0.139. The van der Waals surface area contributed by atoms with E-state index in [2.05, 4.69) is 36.8 Å². The van der Waals surface area contributed by atoms with Crippen LogP contribution in [0.15, 0.2) is 75.6 Å². The number of thiazole rings is 1. The first-order chi connectivity index (χ1) is 17.8. The molecule has 1 amide bonds. The number of hydrogen-bond acceptors (Lipinski definition) is 7. The van der Waals surface area contributed by atoms with Crippen LogP contribution in [0.4, 0.5) is 10.8 Å². The summed E-state index contributed by atoms with van der Waals surface area (Å²) in [5.74, 6) is -0.995. The molecule has 0 atom stereocenters. The van der Waals surface area contributed by atoms with Gasteiger partial charge in [-0.25, -0.2) is 15.2 Å². The van der Waals surface area contributed by atoms with Gasteiger partial charge in [-0.1, -0.05) is 23.7 Å². The third-order valence-electron chi connectivity index (χ3n) is 4.78.